The minimum absolute atomic E-state index is 0.148. The Morgan fingerprint density at radius 1 is 1.00 bits per heavy atom. The second-order valence-electron chi connectivity index (χ2n) is 7.26. The highest BCUT2D eigenvalue weighted by atomic mass is 16.5. The van der Waals surface area contributed by atoms with Crippen LogP contribution in [0.1, 0.15) is 48.5 Å². The van der Waals surface area contributed by atoms with Gasteiger partial charge in [0.2, 0.25) is 0 Å². The van der Waals surface area contributed by atoms with E-state index in [1.54, 1.807) is 0 Å². The zero-order valence-corrected chi connectivity index (χ0v) is 11.5. The van der Waals surface area contributed by atoms with E-state index in [1.165, 1.54) is 0 Å². The van der Waals surface area contributed by atoms with Gasteiger partial charge in [-0.15, -0.1) is 0 Å². The van der Waals surface area contributed by atoms with Crippen LogP contribution in [0, 0.1) is 5.41 Å². The third kappa shape index (κ3) is 3.18. The molecule has 1 saturated heterocycles. The van der Waals surface area contributed by atoms with Crippen LogP contribution < -0.4 is 0 Å². The molecule has 1 fully saturated rings. The number of hydrogen-bond donors (Lipinski definition) is 0. The first kappa shape index (κ1) is 13.0. The van der Waals surface area contributed by atoms with Gasteiger partial charge in [0.1, 0.15) is 0 Å². The first-order chi connectivity index (χ1) is 6.55. The summed E-state index contributed by atoms with van der Waals surface area (Å²) >= 11 is 0. The van der Waals surface area contributed by atoms with Gasteiger partial charge in [-0.2, -0.15) is 0 Å². The van der Waals surface area contributed by atoms with E-state index in [2.05, 4.69) is 53.4 Å². The van der Waals surface area contributed by atoms with E-state index in [0.29, 0.717) is 5.41 Å². The van der Waals surface area contributed by atoms with E-state index in [1.807, 2.05) is 0 Å². The van der Waals surface area contributed by atoms with Crippen molar-refractivity contribution in [1.29, 1.82) is 0 Å². The highest BCUT2D eigenvalue weighted by Gasteiger charge is 2.43. The first-order valence-corrected chi connectivity index (χ1v) is 5.90. The molecule has 2 nitrogen and oxygen atoms in total. The monoisotopic (exact) mass is 213 g/mol. The Morgan fingerprint density at radius 2 is 1.40 bits per heavy atom. The zero-order chi connectivity index (χ0) is 11.9. The van der Waals surface area contributed by atoms with Crippen molar-refractivity contribution in [2.45, 2.75) is 59.5 Å². The van der Waals surface area contributed by atoms with Gasteiger partial charge < -0.3 is 4.74 Å². The second kappa shape index (κ2) is 3.74. The topological polar surface area (TPSA) is 12.5 Å². The summed E-state index contributed by atoms with van der Waals surface area (Å²) in [6.45, 7) is 18.8. The van der Waals surface area contributed by atoms with Gasteiger partial charge in [-0.3, -0.25) is 4.90 Å². The molecule has 0 amide bonds. The molecule has 0 aromatic heterocycles. The van der Waals surface area contributed by atoms with Crippen LogP contribution in [-0.2, 0) is 4.74 Å². The fourth-order valence-electron chi connectivity index (χ4n) is 2.43. The third-order valence-electron chi connectivity index (χ3n) is 3.00. The molecular weight excluding hydrogens is 186 g/mol. The largest absolute Gasteiger partial charge is 0.378 e. The molecule has 1 heterocycles. The standard InChI is InChI=1S/C13H27NO/c1-11(2,3)8-14-12(4,5)9-15-10-13(14,6)7/h8-10H2,1-7H3. The SMILES string of the molecule is CC(C)(C)CN1C(C)(C)COCC1(C)C. The first-order valence-electron chi connectivity index (χ1n) is 5.90. The van der Waals surface area contributed by atoms with Crippen molar-refractivity contribution >= 4 is 0 Å². The fourth-order valence-corrected chi connectivity index (χ4v) is 2.43. The summed E-state index contributed by atoms with van der Waals surface area (Å²) < 4.78 is 5.70. The molecule has 90 valence electrons. The van der Waals surface area contributed by atoms with Crippen LogP contribution in [0.15, 0.2) is 0 Å². The molecule has 0 aliphatic carbocycles. The minimum atomic E-state index is 0.148. The molecule has 2 heteroatoms. The van der Waals surface area contributed by atoms with Gasteiger partial charge in [-0.05, 0) is 33.1 Å². The number of nitrogens with zero attached hydrogens (tertiary/aromatic N) is 1. The van der Waals surface area contributed by atoms with Crippen molar-refractivity contribution in [2.75, 3.05) is 19.8 Å². The third-order valence-corrected chi connectivity index (χ3v) is 3.00. The van der Waals surface area contributed by atoms with Gasteiger partial charge in [0.15, 0.2) is 0 Å². The molecule has 0 bridgehead atoms. The van der Waals surface area contributed by atoms with Crippen molar-refractivity contribution in [2.24, 2.45) is 5.41 Å². The number of ether oxygens (including phenoxy) is 1. The Labute approximate surface area is 95.0 Å². The lowest BCUT2D eigenvalue weighted by Crippen LogP contribution is -2.65. The van der Waals surface area contributed by atoms with Crippen LogP contribution in [0.4, 0.5) is 0 Å². The van der Waals surface area contributed by atoms with E-state index < -0.39 is 0 Å². The van der Waals surface area contributed by atoms with Crippen LogP contribution in [0.2, 0.25) is 0 Å². The van der Waals surface area contributed by atoms with E-state index in [-0.39, 0.29) is 11.1 Å². The van der Waals surface area contributed by atoms with Gasteiger partial charge >= 0.3 is 0 Å². The summed E-state index contributed by atoms with van der Waals surface area (Å²) in [5.41, 5.74) is 0.635. The maximum Gasteiger partial charge on any atom is 0.0646 e. The van der Waals surface area contributed by atoms with E-state index in [4.69, 9.17) is 4.74 Å². The van der Waals surface area contributed by atoms with E-state index in [0.717, 1.165) is 19.8 Å². The number of morpholine rings is 1. The van der Waals surface area contributed by atoms with Crippen LogP contribution in [0.3, 0.4) is 0 Å². The Kier molecular flexibility index (Phi) is 3.24. The van der Waals surface area contributed by atoms with Crippen LogP contribution >= 0.6 is 0 Å². The predicted octanol–water partition coefficient (Wildman–Crippen LogP) is 2.92. The average molecular weight is 213 g/mol. The summed E-state index contributed by atoms with van der Waals surface area (Å²) in [5.74, 6) is 0. The Hall–Kier alpha value is -0.0800. The molecule has 0 unspecified atom stereocenters. The smallest absolute Gasteiger partial charge is 0.0646 e. The van der Waals surface area contributed by atoms with Gasteiger partial charge in [0.25, 0.3) is 0 Å². The number of rotatable bonds is 1. The van der Waals surface area contributed by atoms with Crippen molar-refractivity contribution in [3.05, 3.63) is 0 Å². The second-order valence-corrected chi connectivity index (χ2v) is 7.26. The highest BCUT2D eigenvalue weighted by Crippen LogP contribution is 2.33. The molecule has 1 rings (SSSR count). The zero-order valence-electron chi connectivity index (χ0n) is 11.5. The summed E-state index contributed by atoms with van der Waals surface area (Å²) in [6.07, 6.45) is 0. The molecule has 0 atom stereocenters. The molecule has 0 aromatic carbocycles. The highest BCUT2D eigenvalue weighted by molar-refractivity contribution is 4.97. The molecule has 0 spiro atoms. The summed E-state index contributed by atoms with van der Waals surface area (Å²) in [5, 5.41) is 0. The molecule has 0 N–H and O–H groups in total. The van der Waals surface area contributed by atoms with Crippen molar-refractivity contribution < 1.29 is 4.74 Å². The van der Waals surface area contributed by atoms with Crippen molar-refractivity contribution in [3.8, 4) is 0 Å². The number of hydrogen-bond acceptors (Lipinski definition) is 2. The van der Waals surface area contributed by atoms with Crippen LogP contribution in [0.5, 0.6) is 0 Å². The van der Waals surface area contributed by atoms with E-state index >= 15 is 0 Å². The van der Waals surface area contributed by atoms with Crippen molar-refractivity contribution in [1.82, 2.24) is 4.90 Å². The van der Waals surface area contributed by atoms with Crippen molar-refractivity contribution in [3.63, 3.8) is 0 Å². The van der Waals surface area contributed by atoms with E-state index in [9.17, 15) is 0 Å². The van der Waals surface area contributed by atoms with Gasteiger partial charge in [-0.1, -0.05) is 20.8 Å². The maximum atomic E-state index is 5.70. The average Bonchev–Trinajstić information content (AvgIpc) is 1.95. The Balaban J connectivity index is 2.87. The molecule has 0 aromatic rings. The lowest BCUT2D eigenvalue weighted by molar-refractivity contribution is -0.137. The summed E-state index contributed by atoms with van der Waals surface area (Å²) in [4.78, 5) is 2.60. The molecule has 0 radical (unpaired) electrons. The summed E-state index contributed by atoms with van der Waals surface area (Å²) in [6, 6.07) is 0. The van der Waals surface area contributed by atoms with Gasteiger partial charge in [0, 0.05) is 17.6 Å². The predicted molar refractivity (Wildman–Crippen MR) is 65.1 cm³/mol. The summed E-state index contributed by atoms with van der Waals surface area (Å²) in [7, 11) is 0. The Bertz CT molecular complexity index is 209. The molecular formula is C13H27NO. The molecule has 15 heavy (non-hydrogen) atoms. The fraction of sp³-hybridized carbons (Fsp3) is 1.00. The lowest BCUT2D eigenvalue weighted by Gasteiger charge is -2.54. The van der Waals surface area contributed by atoms with Crippen LogP contribution in [0.25, 0.3) is 0 Å². The van der Waals surface area contributed by atoms with Gasteiger partial charge in [0.05, 0.1) is 13.2 Å². The Morgan fingerprint density at radius 3 is 1.73 bits per heavy atom. The maximum absolute atomic E-state index is 5.70. The molecule has 0 saturated carbocycles. The molecule has 1 aliphatic rings. The van der Waals surface area contributed by atoms with Gasteiger partial charge in [-0.25, -0.2) is 0 Å². The lowest BCUT2D eigenvalue weighted by atomic mass is 9.86. The molecule has 1 aliphatic heterocycles. The quantitative estimate of drug-likeness (QED) is 0.664. The minimum Gasteiger partial charge on any atom is -0.378 e. The normalized spacial score (nSPS) is 26.6. The van der Waals surface area contributed by atoms with Crippen LogP contribution in [-0.4, -0.2) is 35.7 Å².